The Morgan fingerprint density at radius 2 is 2.06 bits per heavy atom. The van der Waals surface area contributed by atoms with E-state index in [0.29, 0.717) is 6.54 Å². The molecule has 1 aromatic rings. The predicted molar refractivity (Wildman–Crippen MR) is 67.6 cm³/mol. The fourth-order valence-corrected chi connectivity index (χ4v) is 1.96. The summed E-state index contributed by atoms with van der Waals surface area (Å²) >= 11 is 3.98. The molecule has 0 radical (unpaired) electrons. The molecule has 5 heteroatoms. The number of nitrogens with zero attached hydrogens (tertiary/aromatic N) is 1. The second-order valence-corrected chi connectivity index (χ2v) is 4.36. The molecule has 1 heterocycles. The van der Waals surface area contributed by atoms with Gasteiger partial charge in [0.1, 0.15) is 0 Å². The summed E-state index contributed by atoms with van der Waals surface area (Å²) < 4.78 is 10.6. The second-order valence-electron chi connectivity index (χ2n) is 4.04. The van der Waals surface area contributed by atoms with Crippen LogP contribution in [0.5, 0.6) is 11.5 Å². The lowest BCUT2D eigenvalue weighted by molar-refractivity contribution is -0.127. The van der Waals surface area contributed by atoms with E-state index >= 15 is 0 Å². The van der Waals surface area contributed by atoms with Crippen LogP contribution in [0.2, 0.25) is 0 Å². The van der Waals surface area contributed by atoms with Crippen molar-refractivity contribution in [2.24, 2.45) is 0 Å². The molecule has 0 saturated heterocycles. The van der Waals surface area contributed by atoms with Gasteiger partial charge in [-0.15, -0.1) is 0 Å². The monoisotopic (exact) mass is 253 g/mol. The third kappa shape index (κ3) is 2.49. The summed E-state index contributed by atoms with van der Waals surface area (Å²) in [5.74, 6) is 1.75. The molecule has 17 heavy (non-hydrogen) atoms. The zero-order valence-corrected chi connectivity index (χ0v) is 10.8. The van der Waals surface area contributed by atoms with Crippen LogP contribution in [-0.2, 0) is 11.3 Å². The first-order valence-electron chi connectivity index (χ1n) is 5.35. The number of benzene rings is 1. The lowest BCUT2D eigenvalue weighted by Gasteiger charge is -2.17. The van der Waals surface area contributed by atoms with Gasteiger partial charge >= 0.3 is 0 Å². The van der Waals surface area contributed by atoms with Crippen LogP contribution in [0.3, 0.4) is 0 Å². The van der Waals surface area contributed by atoms with Crippen LogP contribution < -0.4 is 9.47 Å². The first-order chi connectivity index (χ1) is 8.11. The highest BCUT2D eigenvalue weighted by atomic mass is 32.1. The fraction of sp³-hybridized carbons (Fsp3) is 0.417. The Morgan fingerprint density at radius 3 is 2.71 bits per heavy atom. The Hall–Kier alpha value is -1.36. The van der Waals surface area contributed by atoms with E-state index < -0.39 is 0 Å². The van der Waals surface area contributed by atoms with Gasteiger partial charge in [0, 0.05) is 13.6 Å². The molecule has 0 spiro atoms. The maximum atomic E-state index is 11.5. The van der Waals surface area contributed by atoms with E-state index in [4.69, 9.17) is 9.47 Å². The van der Waals surface area contributed by atoms with Crippen LogP contribution in [0, 0.1) is 6.92 Å². The van der Waals surface area contributed by atoms with Crippen molar-refractivity contribution in [3.8, 4) is 11.5 Å². The van der Waals surface area contributed by atoms with Crippen molar-refractivity contribution in [2.45, 2.75) is 13.5 Å². The second kappa shape index (κ2) is 4.87. The summed E-state index contributed by atoms with van der Waals surface area (Å²) in [5, 5.41) is 0. The van der Waals surface area contributed by atoms with Crippen molar-refractivity contribution in [3.05, 3.63) is 23.3 Å². The fourth-order valence-electron chi connectivity index (χ4n) is 1.72. The normalized spacial score (nSPS) is 12.6. The third-order valence-electron chi connectivity index (χ3n) is 2.80. The lowest BCUT2D eigenvalue weighted by atomic mass is 10.1. The van der Waals surface area contributed by atoms with Crippen LogP contribution in [0.1, 0.15) is 11.1 Å². The first-order valence-corrected chi connectivity index (χ1v) is 5.99. The summed E-state index contributed by atoms with van der Waals surface area (Å²) in [5.41, 5.74) is 2.15. The summed E-state index contributed by atoms with van der Waals surface area (Å²) in [6, 6.07) is 3.87. The zero-order chi connectivity index (χ0) is 12.4. The van der Waals surface area contributed by atoms with Gasteiger partial charge in [0.05, 0.1) is 5.75 Å². The molecule has 2 rings (SSSR count). The van der Waals surface area contributed by atoms with Crippen molar-refractivity contribution >= 4 is 18.5 Å². The van der Waals surface area contributed by atoms with Crippen molar-refractivity contribution in [2.75, 3.05) is 19.6 Å². The van der Waals surface area contributed by atoms with Gasteiger partial charge in [-0.2, -0.15) is 12.6 Å². The minimum absolute atomic E-state index is 0.00500. The van der Waals surface area contributed by atoms with Gasteiger partial charge in [0.25, 0.3) is 0 Å². The maximum Gasteiger partial charge on any atom is 0.232 e. The standard InChI is InChI=1S/C12H15NO3S/c1-8-3-10-11(16-7-15-10)4-9(8)5-13(2)12(14)6-17/h3-4,17H,5-7H2,1-2H3. The molecular formula is C12H15NO3S. The van der Waals surface area contributed by atoms with Crippen molar-refractivity contribution < 1.29 is 14.3 Å². The average Bonchev–Trinajstić information content (AvgIpc) is 2.75. The Morgan fingerprint density at radius 1 is 1.41 bits per heavy atom. The van der Waals surface area contributed by atoms with Crippen molar-refractivity contribution in [1.29, 1.82) is 0 Å². The van der Waals surface area contributed by atoms with E-state index in [1.54, 1.807) is 11.9 Å². The number of rotatable bonds is 3. The Balaban J connectivity index is 2.19. The molecule has 0 N–H and O–H groups in total. The molecule has 0 saturated carbocycles. The number of carbonyl (C=O) groups is 1. The van der Waals surface area contributed by atoms with Crippen LogP contribution in [0.4, 0.5) is 0 Å². The number of amides is 1. The molecule has 1 amide bonds. The van der Waals surface area contributed by atoms with E-state index in [9.17, 15) is 4.79 Å². The highest BCUT2D eigenvalue weighted by molar-refractivity contribution is 7.81. The first kappa shape index (κ1) is 12.1. The predicted octanol–water partition coefficient (Wildman–Crippen LogP) is 1.61. The molecule has 0 atom stereocenters. The van der Waals surface area contributed by atoms with E-state index in [0.717, 1.165) is 22.6 Å². The van der Waals surface area contributed by atoms with Gasteiger partial charge in [-0.25, -0.2) is 0 Å². The summed E-state index contributed by atoms with van der Waals surface area (Å²) in [7, 11) is 1.77. The van der Waals surface area contributed by atoms with Crippen LogP contribution in [0.15, 0.2) is 12.1 Å². The molecule has 92 valence electrons. The summed E-state index contributed by atoms with van der Waals surface area (Å²) in [4.78, 5) is 13.1. The maximum absolute atomic E-state index is 11.5. The zero-order valence-electron chi connectivity index (χ0n) is 9.90. The minimum atomic E-state index is 0.00500. The number of hydrogen-bond acceptors (Lipinski definition) is 4. The number of fused-ring (bicyclic) bond motifs is 1. The number of ether oxygens (including phenoxy) is 2. The van der Waals surface area contributed by atoms with Gasteiger partial charge in [0.15, 0.2) is 11.5 Å². The van der Waals surface area contributed by atoms with Crippen LogP contribution >= 0.6 is 12.6 Å². The average molecular weight is 253 g/mol. The highest BCUT2D eigenvalue weighted by Crippen LogP contribution is 2.34. The minimum Gasteiger partial charge on any atom is -0.454 e. The van der Waals surface area contributed by atoms with Gasteiger partial charge < -0.3 is 14.4 Å². The molecule has 0 unspecified atom stereocenters. The van der Waals surface area contributed by atoms with E-state index in [2.05, 4.69) is 12.6 Å². The number of aryl methyl sites for hydroxylation is 1. The Labute approximate surface area is 106 Å². The quantitative estimate of drug-likeness (QED) is 0.832. The van der Waals surface area contributed by atoms with Gasteiger partial charge in [-0.1, -0.05) is 0 Å². The van der Waals surface area contributed by atoms with Gasteiger partial charge in [-0.3, -0.25) is 4.79 Å². The Kier molecular flexibility index (Phi) is 3.47. The van der Waals surface area contributed by atoms with Gasteiger partial charge in [0.2, 0.25) is 12.7 Å². The molecule has 1 aliphatic heterocycles. The lowest BCUT2D eigenvalue weighted by Crippen LogP contribution is -2.27. The summed E-state index contributed by atoms with van der Waals surface area (Å²) in [6.45, 7) is 2.82. The number of thiol groups is 1. The van der Waals surface area contributed by atoms with E-state index in [1.165, 1.54) is 0 Å². The van der Waals surface area contributed by atoms with E-state index in [-0.39, 0.29) is 18.5 Å². The molecule has 0 aliphatic carbocycles. The third-order valence-corrected chi connectivity index (χ3v) is 3.07. The number of hydrogen-bond donors (Lipinski definition) is 1. The molecule has 0 aromatic heterocycles. The van der Waals surface area contributed by atoms with Crippen LogP contribution in [0.25, 0.3) is 0 Å². The molecule has 0 fully saturated rings. The number of carbonyl (C=O) groups excluding carboxylic acids is 1. The van der Waals surface area contributed by atoms with Crippen molar-refractivity contribution in [1.82, 2.24) is 4.90 Å². The molecule has 4 nitrogen and oxygen atoms in total. The molecule has 1 aliphatic rings. The van der Waals surface area contributed by atoms with Crippen LogP contribution in [-0.4, -0.2) is 30.4 Å². The van der Waals surface area contributed by atoms with Crippen molar-refractivity contribution in [3.63, 3.8) is 0 Å². The largest absolute Gasteiger partial charge is 0.454 e. The van der Waals surface area contributed by atoms with E-state index in [1.807, 2.05) is 19.1 Å². The highest BCUT2D eigenvalue weighted by Gasteiger charge is 2.17. The Bertz CT molecular complexity index is 448. The molecule has 0 bridgehead atoms. The molecular weight excluding hydrogens is 238 g/mol. The summed E-state index contributed by atoms with van der Waals surface area (Å²) in [6.07, 6.45) is 0. The smallest absolute Gasteiger partial charge is 0.232 e. The van der Waals surface area contributed by atoms with Gasteiger partial charge in [-0.05, 0) is 30.2 Å². The SMILES string of the molecule is Cc1cc2c(cc1CN(C)C(=O)CS)OCO2. The topological polar surface area (TPSA) is 38.8 Å². The molecule has 1 aromatic carbocycles.